The molecule has 0 bridgehead atoms. The maximum Gasteiger partial charge on any atom is 0.220 e. The Balaban J connectivity index is 2.45. The van der Waals surface area contributed by atoms with Crippen molar-refractivity contribution in [3.63, 3.8) is 0 Å². The number of nitrogens with zero attached hydrogens (tertiary/aromatic N) is 4. The van der Waals surface area contributed by atoms with Gasteiger partial charge in [-0.3, -0.25) is 9.25 Å². The van der Waals surface area contributed by atoms with E-state index in [4.69, 9.17) is 18.0 Å². The van der Waals surface area contributed by atoms with Gasteiger partial charge in [0.2, 0.25) is 5.95 Å². The monoisotopic (exact) mass is 238 g/mol. The molecular weight excluding hydrogens is 224 g/mol. The van der Waals surface area contributed by atoms with E-state index in [1.807, 2.05) is 25.6 Å². The molecule has 16 heavy (non-hydrogen) atoms. The number of rotatable bonds is 2. The molecule has 2 aromatic heterocycles. The summed E-state index contributed by atoms with van der Waals surface area (Å²) >= 11 is 5.10. The molecule has 0 aliphatic heterocycles. The number of hydrogen-bond acceptors (Lipinski definition) is 4. The third-order valence-corrected chi connectivity index (χ3v) is 3.07. The molecule has 0 fully saturated rings. The van der Waals surface area contributed by atoms with Crippen molar-refractivity contribution < 1.29 is 0 Å². The lowest BCUT2D eigenvalue weighted by Gasteiger charge is -2.04. The molecule has 0 aromatic carbocycles. The zero-order valence-electron chi connectivity index (χ0n) is 9.48. The van der Waals surface area contributed by atoms with Gasteiger partial charge in [0.15, 0.2) is 4.77 Å². The van der Waals surface area contributed by atoms with Gasteiger partial charge in [0, 0.05) is 18.3 Å². The van der Waals surface area contributed by atoms with Crippen molar-refractivity contribution in [1.29, 1.82) is 0 Å². The fourth-order valence-electron chi connectivity index (χ4n) is 1.69. The molecule has 0 atom stereocenters. The van der Waals surface area contributed by atoms with E-state index >= 15 is 0 Å². The highest BCUT2D eigenvalue weighted by Gasteiger charge is 2.12. The van der Waals surface area contributed by atoms with E-state index in [9.17, 15) is 0 Å². The highest BCUT2D eigenvalue weighted by molar-refractivity contribution is 7.71. The first kappa shape index (κ1) is 10.9. The molecule has 0 spiro atoms. The molecule has 0 aliphatic carbocycles. The van der Waals surface area contributed by atoms with E-state index in [1.165, 1.54) is 0 Å². The van der Waals surface area contributed by atoms with Gasteiger partial charge in [-0.2, -0.15) is 5.10 Å². The summed E-state index contributed by atoms with van der Waals surface area (Å²) in [4.78, 5) is 0. The summed E-state index contributed by atoms with van der Waals surface area (Å²) < 4.78 is 4.14. The van der Waals surface area contributed by atoms with Crippen LogP contribution in [0.2, 0.25) is 0 Å². The molecular formula is C9H14N6S. The Morgan fingerprint density at radius 3 is 2.56 bits per heavy atom. The molecule has 0 radical (unpaired) electrons. The van der Waals surface area contributed by atoms with Crippen molar-refractivity contribution in [2.45, 2.75) is 20.4 Å². The number of aromatic nitrogens is 5. The third-order valence-electron chi connectivity index (χ3n) is 2.76. The quantitative estimate of drug-likeness (QED) is 0.763. The second kappa shape index (κ2) is 3.75. The van der Waals surface area contributed by atoms with Crippen molar-refractivity contribution in [2.24, 2.45) is 7.05 Å². The van der Waals surface area contributed by atoms with Crippen LogP contribution in [-0.4, -0.2) is 24.5 Å². The average Bonchev–Trinajstić information content (AvgIpc) is 2.65. The number of anilines is 1. The van der Waals surface area contributed by atoms with Crippen molar-refractivity contribution in [3.05, 3.63) is 21.7 Å². The number of nitrogens with two attached hydrogens (primary N) is 1. The zero-order chi connectivity index (χ0) is 11.9. The van der Waals surface area contributed by atoms with Crippen LogP contribution in [-0.2, 0) is 13.6 Å². The van der Waals surface area contributed by atoms with Gasteiger partial charge >= 0.3 is 0 Å². The summed E-state index contributed by atoms with van der Waals surface area (Å²) in [5, 5.41) is 10.9. The zero-order valence-corrected chi connectivity index (χ0v) is 10.3. The fraction of sp³-hybridized carbons (Fsp3) is 0.444. The third kappa shape index (κ3) is 1.63. The summed E-state index contributed by atoms with van der Waals surface area (Å²) in [5.74, 6) is 0.396. The largest absolute Gasteiger partial charge is 0.368 e. The summed E-state index contributed by atoms with van der Waals surface area (Å²) in [7, 11) is 1.92. The van der Waals surface area contributed by atoms with Gasteiger partial charge in [0.05, 0.1) is 12.2 Å². The number of nitrogens with one attached hydrogen (secondary N) is 1. The van der Waals surface area contributed by atoms with E-state index in [-0.39, 0.29) is 0 Å². The van der Waals surface area contributed by atoms with E-state index in [1.54, 1.807) is 4.57 Å². The first-order valence-corrected chi connectivity index (χ1v) is 5.31. The van der Waals surface area contributed by atoms with E-state index in [0.717, 1.165) is 17.0 Å². The number of aromatic amines is 1. The highest BCUT2D eigenvalue weighted by atomic mass is 32.1. The molecule has 3 N–H and O–H groups in total. The fourth-order valence-corrected chi connectivity index (χ4v) is 1.89. The van der Waals surface area contributed by atoms with Gasteiger partial charge in [-0.25, -0.2) is 5.10 Å². The van der Waals surface area contributed by atoms with Crippen LogP contribution in [0, 0.1) is 18.6 Å². The molecule has 0 unspecified atom stereocenters. The van der Waals surface area contributed by atoms with Crippen molar-refractivity contribution in [2.75, 3.05) is 5.73 Å². The first-order chi connectivity index (χ1) is 7.50. The second-order valence-electron chi connectivity index (χ2n) is 3.75. The molecule has 6 nitrogen and oxygen atoms in total. The SMILES string of the molecule is Cc1nn(C)c(C)c1Cn1c(N)n[nH]c1=S. The Kier molecular flexibility index (Phi) is 2.55. The summed E-state index contributed by atoms with van der Waals surface area (Å²) in [5.41, 5.74) is 8.95. The number of aryl methyl sites for hydroxylation is 2. The van der Waals surface area contributed by atoms with Crippen molar-refractivity contribution in [1.82, 2.24) is 24.5 Å². The number of hydrogen-bond donors (Lipinski definition) is 2. The molecule has 2 heterocycles. The van der Waals surface area contributed by atoms with Gasteiger partial charge in [0.25, 0.3) is 0 Å². The average molecular weight is 238 g/mol. The van der Waals surface area contributed by atoms with Crippen LogP contribution in [0.5, 0.6) is 0 Å². The van der Waals surface area contributed by atoms with Crippen LogP contribution in [0.3, 0.4) is 0 Å². The van der Waals surface area contributed by atoms with Crippen LogP contribution in [0.25, 0.3) is 0 Å². The summed E-state index contributed by atoms with van der Waals surface area (Å²) in [6.45, 7) is 4.60. The first-order valence-electron chi connectivity index (χ1n) is 4.90. The standard InChI is InChI=1S/C9H14N6S/c1-5-7(6(2)14(3)13-5)4-15-8(10)11-12-9(15)16/h4H2,1-3H3,(H2,10,11)(H,12,16). The Morgan fingerprint density at radius 2 is 2.12 bits per heavy atom. The molecule has 0 saturated carbocycles. The Labute approximate surface area is 98.1 Å². The normalized spacial score (nSPS) is 10.9. The minimum Gasteiger partial charge on any atom is -0.368 e. The predicted molar refractivity (Wildman–Crippen MR) is 63.6 cm³/mol. The van der Waals surface area contributed by atoms with Crippen molar-refractivity contribution >= 4 is 18.2 Å². The van der Waals surface area contributed by atoms with Crippen molar-refractivity contribution in [3.8, 4) is 0 Å². The number of H-pyrrole nitrogens is 1. The number of nitrogen functional groups attached to an aromatic ring is 1. The van der Waals surface area contributed by atoms with Gasteiger partial charge in [0.1, 0.15) is 0 Å². The lowest BCUT2D eigenvalue weighted by molar-refractivity contribution is 0.726. The van der Waals surface area contributed by atoms with Crippen LogP contribution in [0.15, 0.2) is 0 Å². The second-order valence-corrected chi connectivity index (χ2v) is 4.13. The van der Waals surface area contributed by atoms with Gasteiger partial charge < -0.3 is 5.73 Å². The van der Waals surface area contributed by atoms with E-state index < -0.39 is 0 Å². The lowest BCUT2D eigenvalue weighted by Crippen LogP contribution is -2.06. The minimum absolute atomic E-state index is 0.396. The van der Waals surface area contributed by atoms with Crippen LogP contribution < -0.4 is 5.73 Å². The minimum atomic E-state index is 0.396. The summed E-state index contributed by atoms with van der Waals surface area (Å²) in [6.07, 6.45) is 0. The Bertz CT molecular complexity index is 575. The predicted octanol–water partition coefficient (Wildman–Crippen LogP) is 0.922. The van der Waals surface area contributed by atoms with Crippen LogP contribution in [0.1, 0.15) is 17.0 Å². The van der Waals surface area contributed by atoms with Gasteiger partial charge in [-0.05, 0) is 26.1 Å². The molecule has 0 amide bonds. The smallest absolute Gasteiger partial charge is 0.220 e. The topological polar surface area (TPSA) is 77.4 Å². The Hall–Kier alpha value is -1.63. The molecule has 0 aliphatic rings. The van der Waals surface area contributed by atoms with Gasteiger partial charge in [-0.1, -0.05) is 0 Å². The molecule has 86 valence electrons. The maximum absolute atomic E-state index is 5.72. The molecule has 2 aromatic rings. The molecule has 7 heteroatoms. The molecule has 0 saturated heterocycles. The lowest BCUT2D eigenvalue weighted by atomic mass is 10.2. The maximum atomic E-state index is 5.72. The highest BCUT2D eigenvalue weighted by Crippen LogP contribution is 2.15. The van der Waals surface area contributed by atoms with E-state index in [2.05, 4.69) is 15.3 Å². The van der Waals surface area contributed by atoms with Gasteiger partial charge in [-0.15, -0.1) is 5.10 Å². The summed E-state index contributed by atoms with van der Waals surface area (Å²) in [6, 6.07) is 0. The van der Waals surface area contributed by atoms with Crippen LogP contribution >= 0.6 is 12.2 Å². The van der Waals surface area contributed by atoms with Crippen LogP contribution in [0.4, 0.5) is 5.95 Å². The molecule has 2 rings (SSSR count). The Morgan fingerprint density at radius 1 is 1.44 bits per heavy atom. The van der Waals surface area contributed by atoms with E-state index in [0.29, 0.717) is 17.3 Å².